The number of rotatable bonds is 7. The summed E-state index contributed by atoms with van der Waals surface area (Å²) in [6.45, 7) is 7.18. The molecule has 0 saturated heterocycles. The average molecular weight is 284 g/mol. The molecule has 2 N–H and O–H groups in total. The minimum atomic E-state index is 0.0213. The molecule has 0 aliphatic rings. The maximum Gasteiger partial charge on any atom is 0.0642 e. The summed E-state index contributed by atoms with van der Waals surface area (Å²) in [5.41, 5.74) is 8.07. The van der Waals surface area contributed by atoms with Crippen LogP contribution in [0, 0.1) is 0 Å². The number of benzene rings is 1. The number of hydrogen-bond donors (Lipinski definition) is 1. The topological polar surface area (TPSA) is 32.5 Å². The van der Waals surface area contributed by atoms with E-state index in [2.05, 4.69) is 43.0 Å². The Balaban J connectivity index is 2.89. The van der Waals surface area contributed by atoms with Crippen molar-refractivity contribution in [3.8, 4) is 0 Å². The first-order valence-corrected chi connectivity index (χ1v) is 7.28. The molecule has 0 aliphatic heterocycles. The molecule has 1 aromatic rings. The molecule has 19 heavy (non-hydrogen) atoms. The van der Waals surface area contributed by atoms with Crippen LogP contribution in [0.3, 0.4) is 0 Å². The van der Waals surface area contributed by atoms with Gasteiger partial charge in [0.1, 0.15) is 0 Å². The summed E-state index contributed by atoms with van der Waals surface area (Å²) in [5, 5.41) is 0.794. The van der Waals surface area contributed by atoms with Crippen LogP contribution < -0.4 is 10.6 Å². The van der Waals surface area contributed by atoms with Gasteiger partial charge in [0.15, 0.2) is 0 Å². The second kappa shape index (κ2) is 7.73. The Hall–Kier alpha value is -0.770. The quantitative estimate of drug-likeness (QED) is 0.834. The van der Waals surface area contributed by atoms with Crippen molar-refractivity contribution in [2.45, 2.75) is 26.3 Å². The van der Waals surface area contributed by atoms with Crippen molar-refractivity contribution in [1.29, 1.82) is 0 Å². The Bertz CT molecular complexity index is 391. The average Bonchev–Trinajstić information content (AvgIpc) is 2.34. The summed E-state index contributed by atoms with van der Waals surface area (Å²) >= 11 is 6.41. The highest BCUT2D eigenvalue weighted by atomic mass is 35.5. The molecular weight excluding hydrogens is 258 g/mol. The minimum absolute atomic E-state index is 0.0213. The van der Waals surface area contributed by atoms with E-state index < -0.39 is 0 Å². The zero-order valence-corrected chi connectivity index (χ0v) is 13.2. The number of nitrogens with two attached hydrogens (primary N) is 1. The molecule has 0 heterocycles. The first kappa shape index (κ1) is 16.3. The Morgan fingerprint density at radius 2 is 1.89 bits per heavy atom. The van der Waals surface area contributed by atoms with Crippen molar-refractivity contribution in [3.63, 3.8) is 0 Å². The van der Waals surface area contributed by atoms with E-state index in [1.807, 2.05) is 13.0 Å². The van der Waals surface area contributed by atoms with Crippen molar-refractivity contribution in [1.82, 2.24) is 4.90 Å². The number of hydrogen-bond acceptors (Lipinski definition) is 3. The summed E-state index contributed by atoms with van der Waals surface area (Å²) in [6.07, 6.45) is 1.11. The maximum absolute atomic E-state index is 6.41. The molecule has 4 heteroatoms. The van der Waals surface area contributed by atoms with Crippen LogP contribution in [-0.4, -0.2) is 38.6 Å². The standard InChI is InChI=1S/C15H26ClN3/c1-5-8-19(10-9-18(3)4)15-7-6-13(12(2)17)11-14(15)16/h6-7,11-12H,5,8-10,17H2,1-4H3/t12-/m1/s1. The summed E-state index contributed by atoms with van der Waals surface area (Å²) < 4.78 is 0. The SMILES string of the molecule is CCCN(CCN(C)C)c1ccc([C@@H](C)N)cc1Cl. The van der Waals surface area contributed by atoms with E-state index in [4.69, 9.17) is 17.3 Å². The van der Waals surface area contributed by atoms with Crippen molar-refractivity contribution >= 4 is 17.3 Å². The van der Waals surface area contributed by atoms with Crippen molar-refractivity contribution < 1.29 is 0 Å². The fourth-order valence-corrected chi connectivity index (χ4v) is 2.31. The minimum Gasteiger partial charge on any atom is -0.369 e. The lowest BCUT2D eigenvalue weighted by molar-refractivity contribution is 0.413. The van der Waals surface area contributed by atoms with Crippen LogP contribution in [0.5, 0.6) is 0 Å². The predicted molar refractivity (Wildman–Crippen MR) is 85.1 cm³/mol. The Morgan fingerprint density at radius 1 is 1.21 bits per heavy atom. The molecule has 1 rings (SSSR count). The van der Waals surface area contributed by atoms with E-state index in [0.29, 0.717) is 0 Å². The highest BCUT2D eigenvalue weighted by Gasteiger charge is 2.11. The zero-order valence-electron chi connectivity index (χ0n) is 12.5. The number of nitrogens with zero attached hydrogens (tertiary/aromatic N) is 2. The van der Waals surface area contributed by atoms with Crippen molar-refractivity contribution in [2.24, 2.45) is 5.73 Å². The van der Waals surface area contributed by atoms with Gasteiger partial charge in [0.2, 0.25) is 0 Å². The normalized spacial score (nSPS) is 12.8. The summed E-state index contributed by atoms with van der Waals surface area (Å²) in [4.78, 5) is 4.53. The van der Waals surface area contributed by atoms with Gasteiger partial charge in [-0.3, -0.25) is 0 Å². The summed E-state index contributed by atoms with van der Waals surface area (Å²) in [6, 6.07) is 6.17. The Labute approximate surface area is 122 Å². The van der Waals surface area contributed by atoms with Crippen LogP contribution in [0.25, 0.3) is 0 Å². The summed E-state index contributed by atoms with van der Waals surface area (Å²) in [5.74, 6) is 0. The molecular formula is C15H26ClN3. The lowest BCUT2D eigenvalue weighted by Crippen LogP contribution is -2.32. The molecule has 0 aromatic heterocycles. The fourth-order valence-electron chi connectivity index (χ4n) is 2.01. The van der Waals surface area contributed by atoms with Gasteiger partial charge in [-0.25, -0.2) is 0 Å². The lowest BCUT2D eigenvalue weighted by atomic mass is 10.1. The highest BCUT2D eigenvalue weighted by molar-refractivity contribution is 6.33. The van der Waals surface area contributed by atoms with E-state index in [1.165, 1.54) is 0 Å². The first-order chi connectivity index (χ1) is 8.95. The first-order valence-electron chi connectivity index (χ1n) is 6.90. The van der Waals surface area contributed by atoms with E-state index in [-0.39, 0.29) is 6.04 Å². The second-order valence-corrected chi connectivity index (χ2v) is 5.70. The molecule has 0 aliphatic carbocycles. The molecule has 0 fully saturated rings. The van der Waals surface area contributed by atoms with Crippen LogP contribution in [0.4, 0.5) is 5.69 Å². The van der Waals surface area contributed by atoms with Crippen LogP contribution in [-0.2, 0) is 0 Å². The highest BCUT2D eigenvalue weighted by Crippen LogP contribution is 2.28. The molecule has 1 atom stereocenters. The van der Waals surface area contributed by atoms with E-state index in [0.717, 1.165) is 42.3 Å². The molecule has 3 nitrogen and oxygen atoms in total. The Morgan fingerprint density at radius 3 is 2.37 bits per heavy atom. The van der Waals surface area contributed by atoms with Crippen LogP contribution in [0.2, 0.25) is 5.02 Å². The third kappa shape index (κ3) is 5.01. The predicted octanol–water partition coefficient (Wildman–Crippen LogP) is 3.14. The third-order valence-electron chi connectivity index (χ3n) is 3.15. The van der Waals surface area contributed by atoms with Gasteiger partial charge in [-0.2, -0.15) is 0 Å². The summed E-state index contributed by atoms with van der Waals surface area (Å²) in [7, 11) is 4.18. The molecule has 0 spiro atoms. The van der Waals surface area contributed by atoms with Gasteiger partial charge in [-0.1, -0.05) is 24.6 Å². The molecule has 0 unspecified atom stereocenters. The van der Waals surface area contributed by atoms with E-state index in [9.17, 15) is 0 Å². The molecule has 1 aromatic carbocycles. The van der Waals surface area contributed by atoms with Gasteiger partial charge in [-0.05, 0) is 45.1 Å². The van der Waals surface area contributed by atoms with Gasteiger partial charge >= 0.3 is 0 Å². The lowest BCUT2D eigenvalue weighted by Gasteiger charge is -2.27. The van der Waals surface area contributed by atoms with Gasteiger partial charge in [0.25, 0.3) is 0 Å². The maximum atomic E-state index is 6.41. The van der Waals surface area contributed by atoms with Gasteiger partial charge in [-0.15, -0.1) is 0 Å². The largest absolute Gasteiger partial charge is 0.369 e. The second-order valence-electron chi connectivity index (χ2n) is 5.29. The number of halogens is 1. The van der Waals surface area contributed by atoms with Crippen molar-refractivity contribution in [3.05, 3.63) is 28.8 Å². The van der Waals surface area contributed by atoms with Crippen molar-refractivity contribution in [2.75, 3.05) is 38.6 Å². The third-order valence-corrected chi connectivity index (χ3v) is 3.45. The zero-order chi connectivity index (χ0) is 14.4. The molecule has 0 saturated carbocycles. The van der Waals surface area contributed by atoms with Gasteiger partial charge < -0.3 is 15.5 Å². The molecule has 108 valence electrons. The van der Waals surface area contributed by atoms with Crippen LogP contribution in [0.15, 0.2) is 18.2 Å². The molecule has 0 radical (unpaired) electrons. The smallest absolute Gasteiger partial charge is 0.0642 e. The van der Waals surface area contributed by atoms with E-state index >= 15 is 0 Å². The van der Waals surface area contributed by atoms with Crippen LogP contribution >= 0.6 is 11.6 Å². The Kier molecular flexibility index (Phi) is 6.63. The monoisotopic (exact) mass is 283 g/mol. The van der Waals surface area contributed by atoms with E-state index in [1.54, 1.807) is 0 Å². The van der Waals surface area contributed by atoms with Gasteiger partial charge in [0, 0.05) is 25.7 Å². The van der Waals surface area contributed by atoms with Crippen LogP contribution in [0.1, 0.15) is 31.9 Å². The molecule has 0 bridgehead atoms. The van der Waals surface area contributed by atoms with Gasteiger partial charge in [0.05, 0.1) is 10.7 Å². The number of anilines is 1. The number of likely N-dealkylation sites (N-methyl/N-ethyl adjacent to an activating group) is 1. The fraction of sp³-hybridized carbons (Fsp3) is 0.600. The molecule has 0 amide bonds.